The van der Waals surface area contributed by atoms with Gasteiger partial charge in [-0.2, -0.15) is 0 Å². The number of nitrogens with zero attached hydrogens (tertiary/aromatic N) is 1. The van der Waals surface area contributed by atoms with Gasteiger partial charge in [0.1, 0.15) is 5.75 Å². The summed E-state index contributed by atoms with van der Waals surface area (Å²) in [7, 11) is 2.98. The molecule has 0 saturated carbocycles. The van der Waals surface area contributed by atoms with Crippen LogP contribution in [-0.2, 0) is 0 Å². The lowest BCUT2D eigenvalue weighted by Crippen LogP contribution is -1.96. The van der Waals surface area contributed by atoms with Gasteiger partial charge in [-0.15, -0.1) is 0 Å². The molecule has 1 aromatic carbocycles. The first kappa shape index (κ1) is 8.72. The first-order valence-corrected chi connectivity index (χ1v) is 5.90. The van der Waals surface area contributed by atoms with Crippen molar-refractivity contribution in [1.29, 1.82) is 0 Å². The maximum absolute atomic E-state index is 9.53. The summed E-state index contributed by atoms with van der Waals surface area (Å²) in [6, 6.07) is 7.21. The zero-order valence-corrected chi connectivity index (χ0v) is 8.31. The highest BCUT2D eigenvalue weighted by molar-refractivity contribution is 8.77. The Balaban J connectivity index is 2.40. The Labute approximate surface area is 84.3 Å². The van der Waals surface area contributed by atoms with Crippen molar-refractivity contribution >= 4 is 27.5 Å². The second kappa shape index (κ2) is 3.89. The molecule has 1 N–H and O–H groups in total. The molecule has 13 heavy (non-hydrogen) atoms. The van der Waals surface area contributed by atoms with Crippen LogP contribution < -0.4 is 0 Å². The van der Waals surface area contributed by atoms with Crippen molar-refractivity contribution < 1.29 is 5.11 Å². The molecular weight excluding hydrogens is 202 g/mol. The topological polar surface area (TPSA) is 32.6 Å². The number of phenols is 1. The molecule has 0 amide bonds. The number of benzene rings is 1. The van der Waals surface area contributed by atoms with Crippen LogP contribution in [0.2, 0.25) is 0 Å². The summed E-state index contributed by atoms with van der Waals surface area (Å²) in [5.74, 6) is 0.276. The summed E-state index contributed by atoms with van der Waals surface area (Å²) in [6.07, 6.45) is 1.90. The summed E-state index contributed by atoms with van der Waals surface area (Å²) in [5, 5.41) is 11.5. The van der Waals surface area contributed by atoms with E-state index in [1.54, 1.807) is 22.9 Å². The maximum atomic E-state index is 9.53. The molecule has 1 aliphatic rings. The van der Waals surface area contributed by atoms with Gasteiger partial charge >= 0.3 is 0 Å². The van der Waals surface area contributed by atoms with E-state index in [0.717, 1.165) is 11.3 Å². The highest BCUT2D eigenvalue weighted by atomic mass is 33.1. The van der Waals surface area contributed by atoms with Gasteiger partial charge in [0.25, 0.3) is 0 Å². The van der Waals surface area contributed by atoms with Crippen LogP contribution in [0.4, 0.5) is 0 Å². The molecule has 0 radical (unpaired) electrons. The van der Waals surface area contributed by atoms with E-state index in [9.17, 15) is 5.11 Å². The van der Waals surface area contributed by atoms with E-state index >= 15 is 0 Å². The highest BCUT2D eigenvalue weighted by Gasteiger charge is 2.07. The second-order valence-corrected chi connectivity index (χ2v) is 4.29. The van der Waals surface area contributed by atoms with Crippen molar-refractivity contribution in [2.75, 3.05) is 0 Å². The van der Waals surface area contributed by atoms with Crippen molar-refractivity contribution in [2.24, 2.45) is 4.40 Å². The minimum atomic E-state index is 0.276. The maximum Gasteiger partial charge on any atom is 0.124 e. The lowest BCUT2D eigenvalue weighted by molar-refractivity contribution is 0.474. The smallest absolute Gasteiger partial charge is 0.124 e. The zero-order valence-electron chi connectivity index (χ0n) is 6.68. The van der Waals surface area contributed by atoms with Gasteiger partial charge in [-0.3, -0.25) is 0 Å². The van der Waals surface area contributed by atoms with Crippen LogP contribution in [0, 0.1) is 0 Å². The summed E-state index contributed by atoms with van der Waals surface area (Å²) in [6.45, 7) is 0. The molecule has 2 rings (SSSR count). The van der Waals surface area contributed by atoms with E-state index < -0.39 is 0 Å². The molecule has 0 aromatic heterocycles. The number of aromatic hydroxyl groups is 1. The Morgan fingerprint density at radius 1 is 1.23 bits per heavy atom. The Bertz CT molecular complexity index is 374. The molecule has 1 aromatic rings. The van der Waals surface area contributed by atoms with Gasteiger partial charge in [-0.25, -0.2) is 4.40 Å². The van der Waals surface area contributed by atoms with Crippen LogP contribution in [0.15, 0.2) is 40.1 Å². The predicted octanol–water partition coefficient (Wildman–Crippen LogP) is 3.01. The number of hydrogen-bond acceptors (Lipinski definition) is 4. The lowest BCUT2D eigenvalue weighted by atomic mass is 10.1. The molecule has 1 aliphatic heterocycles. The Hall–Kier alpha value is -0.870. The summed E-state index contributed by atoms with van der Waals surface area (Å²) >= 11 is 0. The lowest BCUT2D eigenvalue weighted by Gasteiger charge is -2.05. The monoisotopic (exact) mass is 209 g/mol. The van der Waals surface area contributed by atoms with Gasteiger partial charge in [-0.1, -0.05) is 12.1 Å². The molecule has 0 spiro atoms. The standard InChI is InChI=1S/C9H7NOS2/c11-9-4-2-1-3-7(9)8-5-6-12-13-10-8/h1-6,11H. The van der Waals surface area contributed by atoms with Crippen molar-refractivity contribution in [2.45, 2.75) is 0 Å². The van der Waals surface area contributed by atoms with E-state index in [4.69, 9.17) is 0 Å². The molecule has 0 bridgehead atoms. The van der Waals surface area contributed by atoms with E-state index in [1.165, 1.54) is 11.0 Å². The molecule has 0 atom stereocenters. The van der Waals surface area contributed by atoms with E-state index in [2.05, 4.69) is 4.40 Å². The third-order valence-corrected chi connectivity index (χ3v) is 3.06. The van der Waals surface area contributed by atoms with Gasteiger partial charge in [0.2, 0.25) is 0 Å². The molecule has 66 valence electrons. The Kier molecular flexibility index (Phi) is 2.61. The van der Waals surface area contributed by atoms with Crippen LogP contribution in [-0.4, -0.2) is 10.8 Å². The second-order valence-electron chi connectivity index (χ2n) is 2.47. The number of para-hydroxylation sites is 1. The first-order chi connectivity index (χ1) is 6.38. The van der Waals surface area contributed by atoms with Crippen molar-refractivity contribution in [3.8, 4) is 5.75 Å². The van der Waals surface area contributed by atoms with Crippen LogP contribution in [0.5, 0.6) is 5.75 Å². The average Bonchev–Trinajstić information content (AvgIpc) is 2.20. The van der Waals surface area contributed by atoms with Gasteiger partial charge in [0.15, 0.2) is 0 Å². The van der Waals surface area contributed by atoms with E-state index in [0.29, 0.717) is 0 Å². The van der Waals surface area contributed by atoms with Gasteiger partial charge in [0, 0.05) is 16.5 Å². The van der Waals surface area contributed by atoms with Crippen LogP contribution >= 0.6 is 21.8 Å². The fourth-order valence-electron chi connectivity index (χ4n) is 1.04. The largest absolute Gasteiger partial charge is 0.507 e. The Morgan fingerprint density at radius 2 is 2.08 bits per heavy atom. The summed E-state index contributed by atoms with van der Waals surface area (Å²) in [5.41, 5.74) is 1.61. The number of rotatable bonds is 1. The molecule has 2 nitrogen and oxygen atoms in total. The SMILES string of the molecule is Oc1ccccc1C1=NSSC=C1. The van der Waals surface area contributed by atoms with Crippen molar-refractivity contribution in [3.05, 3.63) is 41.3 Å². The average molecular weight is 209 g/mol. The fourth-order valence-corrected chi connectivity index (χ4v) is 2.24. The van der Waals surface area contributed by atoms with Crippen molar-refractivity contribution in [1.82, 2.24) is 0 Å². The zero-order chi connectivity index (χ0) is 9.10. The van der Waals surface area contributed by atoms with Gasteiger partial charge in [0.05, 0.1) is 5.71 Å². The summed E-state index contributed by atoms with van der Waals surface area (Å²) < 4.78 is 4.21. The molecule has 0 unspecified atom stereocenters. The molecule has 4 heteroatoms. The minimum Gasteiger partial charge on any atom is -0.507 e. The number of hydrogen-bond donors (Lipinski definition) is 1. The third kappa shape index (κ3) is 1.89. The fraction of sp³-hybridized carbons (Fsp3) is 0. The van der Waals surface area contributed by atoms with Crippen molar-refractivity contribution in [3.63, 3.8) is 0 Å². The number of phenolic OH excluding ortho intramolecular Hbond substituents is 1. The van der Waals surface area contributed by atoms with Crippen LogP contribution in [0.1, 0.15) is 5.56 Å². The van der Waals surface area contributed by atoms with Crippen LogP contribution in [0.3, 0.4) is 0 Å². The molecule has 0 aliphatic carbocycles. The van der Waals surface area contributed by atoms with Gasteiger partial charge in [-0.05, 0) is 34.4 Å². The quantitative estimate of drug-likeness (QED) is 0.570. The van der Waals surface area contributed by atoms with E-state index in [1.807, 2.05) is 23.6 Å². The molecule has 1 heterocycles. The molecule has 0 saturated heterocycles. The molecule has 0 fully saturated rings. The van der Waals surface area contributed by atoms with E-state index in [-0.39, 0.29) is 5.75 Å². The Morgan fingerprint density at radius 3 is 2.77 bits per heavy atom. The minimum absolute atomic E-state index is 0.276. The first-order valence-electron chi connectivity index (χ1n) is 3.73. The summed E-state index contributed by atoms with van der Waals surface area (Å²) in [4.78, 5) is 0. The van der Waals surface area contributed by atoms with Gasteiger partial charge < -0.3 is 5.11 Å². The van der Waals surface area contributed by atoms with Crippen LogP contribution in [0.25, 0.3) is 0 Å². The highest BCUT2D eigenvalue weighted by Crippen LogP contribution is 2.30. The molecular formula is C9H7NOS2. The normalized spacial score (nSPS) is 15.5. The third-order valence-electron chi connectivity index (χ3n) is 1.64. The number of allylic oxidation sites excluding steroid dienone is 1. The predicted molar refractivity (Wildman–Crippen MR) is 59.0 cm³/mol.